The third-order valence-electron chi connectivity index (χ3n) is 3.31. The summed E-state index contributed by atoms with van der Waals surface area (Å²) in [5.41, 5.74) is 1.64. The fourth-order valence-corrected chi connectivity index (χ4v) is 2.38. The van der Waals surface area contributed by atoms with E-state index in [1.165, 1.54) is 45.3 Å². The molecule has 86 valence electrons. The summed E-state index contributed by atoms with van der Waals surface area (Å²) in [5.74, 6) is 0.968. The molecule has 1 saturated heterocycles. The fraction of sp³-hybridized carbons (Fsp3) is 0.833. The zero-order valence-corrected chi connectivity index (χ0v) is 10.0. The minimum Gasteiger partial charge on any atom is -0.313 e. The van der Waals surface area contributed by atoms with Crippen molar-refractivity contribution >= 4 is 11.6 Å². The Morgan fingerprint density at radius 2 is 2.13 bits per heavy atom. The number of nitrogens with one attached hydrogen (secondary N) is 1. The minimum atomic E-state index is 0.715. The second-order valence-corrected chi connectivity index (χ2v) is 5.07. The van der Waals surface area contributed by atoms with E-state index < -0.39 is 0 Å². The minimum absolute atomic E-state index is 0.715. The topological polar surface area (TPSA) is 15.3 Å². The Balaban J connectivity index is 1.74. The molecule has 0 radical (unpaired) electrons. The van der Waals surface area contributed by atoms with Gasteiger partial charge in [0.1, 0.15) is 0 Å². The Morgan fingerprint density at radius 3 is 2.73 bits per heavy atom. The van der Waals surface area contributed by atoms with Gasteiger partial charge in [-0.2, -0.15) is 0 Å². The van der Waals surface area contributed by atoms with Crippen molar-refractivity contribution in [2.24, 2.45) is 5.92 Å². The second-order valence-electron chi connectivity index (χ2n) is 4.82. The molecule has 2 nitrogen and oxygen atoms in total. The molecule has 0 amide bonds. The molecular weight excluding hydrogens is 208 g/mol. The number of halogens is 1. The summed E-state index contributed by atoms with van der Waals surface area (Å²) < 4.78 is 0. The van der Waals surface area contributed by atoms with Gasteiger partial charge in [0.2, 0.25) is 0 Å². The first-order valence-electron chi connectivity index (χ1n) is 6.09. The van der Waals surface area contributed by atoms with Crippen LogP contribution in [-0.2, 0) is 0 Å². The van der Waals surface area contributed by atoms with Crippen molar-refractivity contribution in [1.82, 2.24) is 10.2 Å². The van der Waals surface area contributed by atoms with Crippen molar-refractivity contribution in [2.75, 3.05) is 26.2 Å². The highest BCUT2D eigenvalue weighted by atomic mass is 35.5. The van der Waals surface area contributed by atoms with Gasteiger partial charge in [0.25, 0.3) is 0 Å². The molecule has 0 spiro atoms. The molecule has 2 aliphatic rings. The van der Waals surface area contributed by atoms with Gasteiger partial charge in [0.05, 0.1) is 0 Å². The maximum Gasteiger partial charge on any atom is 0.0195 e. The molecule has 2 rings (SSSR count). The third kappa shape index (κ3) is 4.13. The molecule has 1 aliphatic carbocycles. The lowest BCUT2D eigenvalue weighted by atomic mass is 10.2. The van der Waals surface area contributed by atoms with Gasteiger partial charge >= 0.3 is 0 Å². The van der Waals surface area contributed by atoms with Gasteiger partial charge in [-0.3, -0.25) is 4.90 Å². The van der Waals surface area contributed by atoms with Crippen LogP contribution < -0.4 is 5.32 Å². The largest absolute Gasteiger partial charge is 0.313 e. The Hall–Kier alpha value is -0.0500. The Labute approximate surface area is 97.7 Å². The summed E-state index contributed by atoms with van der Waals surface area (Å²) in [5, 5.41) is 3.56. The fourth-order valence-electron chi connectivity index (χ4n) is 2.30. The van der Waals surface area contributed by atoms with Gasteiger partial charge in [-0.05, 0) is 38.1 Å². The lowest BCUT2D eigenvalue weighted by molar-refractivity contribution is 0.263. The molecule has 1 heterocycles. The molecule has 0 aromatic rings. The summed E-state index contributed by atoms with van der Waals surface area (Å²) >= 11 is 5.59. The van der Waals surface area contributed by atoms with E-state index in [0.29, 0.717) is 6.04 Å². The molecule has 2 fully saturated rings. The number of hydrogen-bond acceptors (Lipinski definition) is 2. The molecule has 1 atom stereocenters. The van der Waals surface area contributed by atoms with E-state index in [-0.39, 0.29) is 0 Å². The van der Waals surface area contributed by atoms with E-state index in [1.807, 2.05) is 0 Å². The number of hydrogen-bond donors (Lipinski definition) is 1. The van der Waals surface area contributed by atoms with Crippen molar-refractivity contribution in [3.63, 3.8) is 0 Å². The van der Waals surface area contributed by atoms with Crippen LogP contribution >= 0.6 is 11.6 Å². The van der Waals surface area contributed by atoms with Crippen LogP contribution in [0.25, 0.3) is 0 Å². The van der Waals surface area contributed by atoms with E-state index >= 15 is 0 Å². The quantitative estimate of drug-likeness (QED) is 0.750. The molecule has 3 heteroatoms. The summed E-state index contributed by atoms with van der Waals surface area (Å²) in [6.45, 7) is 4.67. The molecule has 1 aliphatic heterocycles. The third-order valence-corrected chi connectivity index (χ3v) is 3.49. The maximum atomic E-state index is 5.59. The highest BCUT2D eigenvalue weighted by molar-refractivity contribution is 6.25. The molecule has 15 heavy (non-hydrogen) atoms. The Morgan fingerprint density at radius 1 is 1.27 bits per heavy atom. The van der Waals surface area contributed by atoms with Crippen LogP contribution in [0.2, 0.25) is 0 Å². The summed E-state index contributed by atoms with van der Waals surface area (Å²) in [4.78, 5) is 2.54. The van der Waals surface area contributed by atoms with Crippen LogP contribution in [0.3, 0.4) is 0 Å². The predicted molar refractivity (Wildman–Crippen MR) is 65.2 cm³/mol. The monoisotopic (exact) mass is 228 g/mol. The average Bonchev–Trinajstić information content (AvgIpc) is 2.90. The first-order valence-corrected chi connectivity index (χ1v) is 6.53. The van der Waals surface area contributed by atoms with Crippen LogP contribution in [0.1, 0.15) is 25.7 Å². The standard InChI is InChI=1S/C12H21ClN2/c13-6-2-8-15(9-11-4-5-11)10-12-3-1-7-14-12/h2,6,11-12,14H,1,3-5,7-10H2/b6-2+. The van der Waals surface area contributed by atoms with E-state index in [1.54, 1.807) is 5.54 Å². The molecule has 0 bridgehead atoms. The van der Waals surface area contributed by atoms with Gasteiger partial charge in [0, 0.05) is 31.2 Å². The first-order chi connectivity index (χ1) is 7.38. The summed E-state index contributed by atoms with van der Waals surface area (Å²) in [6.07, 6.45) is 7.59. The van der Waals surface area contributed by atoms with Gasteiger partial charge in [-0.25, -0.2) is 0 Å². The molecule has 1 N–H and O–H groups in total. The number of nitrogens with zero attached hydrogens (tertiary/aromatic N) is 1. The Kier molecular flexibility index (Phi) is 4.48. The van der Waals surface area contributed by atoms with E-state index in [9.17, 15) is 0 Å². The van der Waals surface area contributed by atoms with E-state index in [2.05, 4.69) is 16.3 Å². The zero-order chi connectivity index (χ0) is 10.5. The van der Waals surface area contributed by atoms with Gasteiger partial charge in [0.15, 0.2) is 0 Å². The normalized spacial score (nSPS) is 26.9. The van der Waals surface area contributed by atoms with Gasteiger partial charge in [-0.15, -0.1) is 0 Å². The van der Waals surface area contributed by atoms with Crippen LogP contribution in [0, 0.1) is 5.92 Å². The summed E-state index contributed by atoms with van der Waals surface area (Å²) in [6, 6.07) is 0.715. The predicted octanol–water partition coefficient (Wildman–Crippen LogP) is 2.20. The zero-order valence-electron chi connectivity index (χ0n) is 9.29. The molecule has 0 aromatic heterocycles. The second kappa shape index (κ2) is 5.88. The Bertz CT molecular complexity index is 208. The average molecular weight is 229 g/mol. The van der Waals surface area contributed by atoms with Gasteiger partial charge < -0.3 is 5.32 Å². The SMILES string of the molecule is Cl/C=C/CN(CC1CC1)CC1CCCN1. The van der Waals surface area contributed by atoms with Gasteiger partial charge in [-0.1, -0.05) is 17.7 Å². The highest BCUT2D eigenvalue weighted by Gasteiger charge is 2.25. The van der Waals surface area contributed by atoms with Crippen LogP contribution in [-0.4, -0.2) is 37.1 Å². The van der Waals surface area contributed by atoms with Crippen molar-refractivity contribution < 1.29 is 0 Å². The van der Waals surface area contributed by atoms with Crippen LogP contribution in [0.4, 0.5) is 0 Å². The maximum absolute atomic E-state index is 5.59. The van der Waals surface area contributed by atoms with Crippen LogP contribution in [0.15, 0.2) is 11.6 Å². The van der Waals surface area contributed by atoms with Crippen LogP contribution in [0.5, 0.6) is 0 Å². The van der Waals surface area contributed by atoms with Crippen molar-refractivity contribution in [2.45, 2.75) is 31.7 Å². The lowest BCUT2D eigenvalue weighted by Gasteiger charge is -2.24. The van der Waals surface area contributed by atoms with E-state index in [4.69, 9.17) is 11.6 Å². The highest BCUT2D eigenvalue weighted by Crippen LogP contribution is 2.29. The van der Waals surface area contributed by atoms with Crippen molar-refractivity contribution in [3.8, 4) is 0 Å². The number of rotatable bonds is 6. The van der Waals surface area contributed by atoms with E-state index in [0.717, 1.165) is 12.5 Å². The van der Waals surface area contributed by atoms with Crippen molar-refractivity contribution in [1.29, 1.82) is 0 Å². The first kappa shape index (κ1) is 11.4. The summed E-state index contributed by atoms with van der Waals surface area (Å²) in [7, 11) is 0. The molecule has 0 aromatic carbocycles. The molecular formula is C12H21ClN2. The smallest absolute Gasteiger partial charge is 0.0195 e. The van der Waals surface area contributed by atoms with Crippen molar-refractivity contribution in [3.05, 3.63) is 11.6 Å². The molecule has 1 saturated carbocycles. The lowest BCUT2D eigenvalue weighted by Crippen LogP contribution is -2.38. The molecule has 1 unspecified atom stereocenters.